The fourth-order valence-electron chi connectivity index (χ4n) is 1.73. The highest BCUT2D eigenvalue weighted by molar-refractivity contribution is 9.10. The molecular weight excluding hydrogens is 338 g/mol. The number of hydrogen-bond acceptors (Lipinski definition) is 1. The van der Waals surface area contributed by atoms with Crippen LogP contribution >= 0.6 is 27.5 Å². The predicted molar refractivity (Wildman–Crippen MR) is 74.7 cm³/mol. The molecule has 2 rings (SSSR count). The molecule has 1 unspecified atom stereocenters. The number of halogens is 4. The summed E-state index contributed by atoms with van der Waals surface area (Å²) in [6, 6.07) is 8.38. The topological polar surface area (TPSA) is 9.23 Å². The molecule has 0 saturated heterocycles. The van der Waals surface area contributed by atoms with Gasteiger partial charge in [0.1, 0.15) is 17.4 Å². The third-order valence-corrected chi connectivity index (χ3v) is 3.81. The Balaban J connectivity index is 2.41. The Morgan fingerprint density at radius 2 is 1.89 bits per heavy atom. The lowest BCUT2D eigenvalue weighted by Gasteiger charge is -2.13. The molecule has 0 aliphatic carbocycles. The van der Waals surface area contributed by atoms with Gasteiger partial charge in [0.15, 0.2) is 0 Å². The van der Waals surface area contributed by atoms with Gasteiger partial charge >= 0.3 is 0 Å². The van der Waals surface area contributed by atoms with Crippen LogP contribution < -0.4 is 4.74 Å². The van der Waals surface area contributed by atoms with Crippen LogP contribution in [0.2, 0.25) is 0 Å². The van der Waals surface area contributed by atoms with E-state index in [2.05, 4.69) is 15.9 Å². The molecule has 0 spiro atoms. The lowest BCUT2D eigenvalue weighted by molar-refractivity contribution is 0.412. The summed E-state index contributed by atoms with van der Waals surface area (Å²) < 4.78 is 32.6. The minimum absolute atomic E-state index is 0.110. The second-order valence-electron chi connectivity index (χ2n) is 3.92. The fourth-order valence-corrected chi connectivity index (χ4v) is 2.59. The molecule has 0 aliphatic rings. The molecule has 0 aliphatic heterocycles. The molecule has 2 aromatic rings. The minimum Gasteiger partial charge on any atom is -0.496 e. The standard InChI is InChI=1S/C14H10BrClF2O/c1-19-13-5-2-8(6-11(13)15)14(16)10-7-9(17)3-4-12(10)18/h2-7,14H,1H3. The van der Waals surface area contributed by atoms with Crippen LogP contribution in [0.4, 0.5) is 8.78 Å². The van der Waals surface area contributed by atoms with Crippen LogP contribution in [0, 0.1) is 11.6 Å². The number of ether oxygens (including phenoxy) is 1. The molecule has 1 nitrogen and oxygen atoms in total. The molecule has 0 N–H and O–H groups in total. The first-order chi connectivity index (χ1) is 9.02. The average Bonchev–Trinajstić information content (AvgIpc) is 2.40. The van der Waals surface area contributed by atoms with Crippen LogP contribution in [0.5, 0.6) is 5.75 Å². The van der Waals surface area contributed by atoms with Crippen molar-refractivity contribution in [2.24, 2.45) is 0 Å². The largest absolute Gasteiger partial charge is 0.496 e. The molecule has 0 bridgehead atoms. The number of benzene rings is 2. The Labute approximate surface area is 123 Å². The van der Waals surface area contributed by atoms with Crippen molar-refractivity contribution < 1.29 is 13.5 Å². The van der Waals surface area contributed by atoms with Gasteiger partial charge in [-0.1, -0.05) is 6.07 Å². The van der Waals surface area contributed by atoms with Crippen molar-refractivity contribution >= 4 is 27.5 Å². The summed E-state index contributed by atoms with van der Waals surface area (Å²) in [5, 5.41) is -0.766. The van der Waals surface area contributed by atoms with Crippen molar-refractivity contribution in [1.82, 2.24) is 0 Å². The normalized spacial score (nSPS) is 12.3. The number of methoxy groups -OCH3 is 1. The molecule has 19 heavy (non-hydrogen) atoms. The fraction of sp³-hybridized carbons (Fsp3) is 0.143. The summed E-state index contributed by atoms with van der Waals surface area (Å²) in [6.07, 6.45) is 0. The maximum atomic E-state index is 13.7. The molecule has 2 aromatic carbocycles. The van der Waals surface area contributed by atoms with E-state index in [0.717, 1.165) is 18.2 Å². The van der Waals surface area contributed by atoms with E-state index < -0.39 is 17.0 Å². The molecule has 0 amide bonds. The van der Waals surface area contributed by atoms with Crippen LogP contribution in [-0.4, -0.2) is 7.11 Å². The van der Waals surface area contributed by atoms with Crippen LogP contribution in [-0.2, 0) is 0 Å². The lowest BCUT2D eigenvalue weighted by Crippen LogP contribution is -1.98. The first-order valence-electron chi connectivity index (χ1n) is 5.45. The summed E-state index contributed by atoms with van der Waals surface area (Å²) in [7, 11) is 1.55. The second-order valence-corrected chi connectivity index (χ2v) is 5.21. The Hall–Kier alpha value is -1.13. The lowest BCUT2D eigenvalue weighted by atomic mass is 10.0. The van der Waals surface area contributed by atoms with Gasteiger partial charge in [0.25, 0.3) is 0 Å². The summed E-state index contributed by atoms with van der Waals surface area (Å²) in [6.45, 7) is 0. The SMILES string of the molecule is COc1ccc(C(Cl)c2cc(F)ccc2F)cc1Br. The van der Waals surface area contributed by atoms with E-state index in [1.807, 2.05) is 0 Å². The molecular formula is C14H10BrClF2O. The van der Waals surface area contributed by atoms with Gasteiger partial charge in [-0.3, -0.25) is 0 Å². The Kier molecular flexibility index (Phi) is 4.42. The molecule has 0 aromatic heterocycles. The Morgan fingerprint density at radius 1 is 1.16 bits per heavy atom. The molecule has 100 valence electrons. The quantitative estimate of drug-likeness (QED) is 0.705. The highest BCUT2D eigenvalue weighted by Crippen LogP contribution is 2.35. The summed E-state index contributed by atoms with van der Waals surface area (Å²) >= 11 is 9.54. The monoisotopic (exact) mass is 346 g/mol. The van der Waals surface area contributed by atoms with Crippen molar-refractivity contribution in [3.05, 3.63) is 63.6 Å². The molecule has 5 heteroatoms. The van der Waals surface area contributed by atoms with Crippen molar-refractivity contribution in [2.45, 2.75) is 5.38 Å². The molecule has 0 radical (unpaired) electrons. The van der Waals surface area contributed by atoms with E-state index in [9.17, 15) is 8.78 Å². The smallest absolute Gasteiger partial charge is 0.133 e. The Morgan fingerprint density at radius 3 is 2.53 bits per heavy atom. The maximum absolute atomic E-state index is 13.7. The third kappa shape index (κ3) is 3.07. The maximum Gasteiger partial charge on any atom is 0.133 e. The van der Waals surface area contributed by atoms with Crippen LogP contribution in [0.15, 0.2) is 40.9 Å². The molecule has 0 heterocycles. The first-order valence-corrected chi connectivity index (χ1v) is 6.68. The summed E-state index contributed by atoms with van der Waals surface area (Å²) in [5.41, 5.74) is 0.762. The van der Waals surface area contributed by atoms with Gasteiger partial charge in [-0.05, 0) is 51.8 Å². The Bertz CT molecular complexity index is 604. The zero-order chi connectivity index (χ0) is 14.0. The minimum atomic E-state index is -0.766. The van der Waals surface area contributed by atoms with Gasteiger partial charge < -0.3 is 4.74 Å². The van der Waals surface area contributed by atoms with Crippen molar-refractivity contribution in [1.29, 1.82) is 0 Å². The van der Waals surface area contributed by atoms with E-state index >= 15 is 0 Å². The highest BCUT2D eigenvalue weighted by atomic mass is 79.9. The van der Waals surface area contributed by atoms with Gasteiger partial charge in [-0.2, -0.15) is 0 Å². The van der Waals surface area contributed by atoms with Crippen LogP contribution in [0.1, 0.15) is 16.5 Å². The molecule has 1 atom stereocenters. The number of hydrogen-bond donors (Lipinski definition) is 0. The van der Waals surface area contributed by atoms with E-state index in [4.69, 9.17) is 16.3 Å². The van der Waals surface area contributed by atoms with Crippen LogP contribution in [0.25, 0.3) is 0 Å². The van der Waals surface area contributed by atoms with Crippen molar-refractivity contribution in [3.8, 4) is 5.75 Å². The summed E-state index contributed by atoms with van der Waals surface area (Å²) in [5.74, 6) is -0.407. The van der Waals surface area contributed by atoms with Gasteiger partial charge in [0.2, 0.25) is 0 Å². The average molecular weight is 348 g/mol. The van der Waals surface area contributed by atoms with Gasteiger partial charge in [-0.25, -0.2) is 8.78 Å². The zero-order valence-corrected chi connectivity index (χ0v) is 12.3. The van der Waals surface area contributed by atoms with E-state index in [0.29, 0.717) is 15.8 Å². The van der Waals surface area contributed by atoms with Gasteiger partial charge in [0, 0.05) is 5.56 Å². The van der Waals surface area contributed by atoms with Crippen molar-refractivity contribution in [2.75, 3.05) is 7.11 Å². The van der Waals surface area contributed by atoms with Gasteiger partial charge in [0.05, 0.1) is 17.0 Å². The highest BCUT2D eigenvalue weighted by Gasteiger charge is 2.17. The number of alkyl halides is 1. The second kappa shape index (κ2) is 5.88. The van der Waals surface area contributed by atoms with E-state index in [-0.39, 0.29) is 5.56 Å². The summed E-state index contributed by atoms with van der Waals surface area (Å²) in [4.78, 5) is 0. The van der Waals surface area contributed by atoms with Crippen molar-refractivity contribution in [3.63, 3.8) is 0 Å². The van der Waals surface area contributed by atoms with E-state index in [1.54, 1.807) is 25.3 Å². The zero-order valence-electron chi connectivity index (χ0n) is 9.96. The third-order valence-electron chi connectivity index (χ3n) is 2.70. The van der Waals surface area contributed by atoms with Gasteiger partial charge in [-0.15, -0.1) is 11.6 Å². The van der Waals surface area contributed by atoms with Crippen LogP contribution in [0.3, 0.4) is 0 Å². The first kappa shape index (κ1) is 14.3. The number of rotatable bonds is 3. The predicted octanol–water partition coefficient (Wildman–Crippen LogP) is 5.06. The van der Waals surface area contributed by atoms with E-state index in [1.165, 1.54) is 0 Å². The molecule has 0 saturated carbocycles. The molecule has 0 fully saturated rings.